The van der Waals surface area contributed by atoms with Crippen molar-refractivity contribution in [1.82, 2.24) is 40.2 Å². The van der Waals surface area contributed by atoms with Crippen LogP contribution in [0.2, 0.25) is 5.02 Å². The number of hydrogen-bond acceptors (Lipinski definition) is 8. The first kappa shape index (κ1) is 19.3. The molecule has 3 heterocycles. The molecule has 0 saturated heterocycles. The molecule has 0 aliphatic rings. The summed E-state index contributed by atoms with van der Waals surface area (Å²) in [7, 11) is 0. The molecule has 9 nitrogen and oxygen atoms in total. The van der Waals surface area contributed by atoms with Crippen molar-refractivity contribution in [3.63, 3.8) is 0 Å². The molecule has 0 radical (unpaired) electrons. The van der Waals surface area contributed by atoms with Crippen LogP contribution in [0.3, 0.4) is 0 Å². The molecule has 0 amide bonds. The van der Waals surface area contributed by atoms with Crippen LogP contribution >= 0.6 is 22.9 Å². The summed E-state index contributed by atoms with van der Waals surface area (Å²) in [4.78, 5) is 1.50. The molecule has 0 spiro atoms. The standard InChI is InChI=1S/C20H16ClN9S/c21-16-9-5-4-8-15(16)12-29-11-10-17(26-29)22-20-25-23-18(31-20)13-30-27-19(24-28-30)14-6-2-1-3-7-14/h1-11H,12-13H2,(H,22,25,26). The molecule has 0 saturated carbocycles. The maximum absolute atomic E-state index is 6.23. The van der Waals surface area contributed by atoms with Crippen LogP contribution in [0.15, 0.2) is 66.9 Å². The zero-order chi connectivity index (χ0) is 21.0. The van der Waals surface area contributed by atoms with E-state index in [4.69, 9.17) is 11.6 Å². The third-order valence-electron chi connectivity index (χ3n) is 4.39. The minimum absolute atomic E-state index is 0.389. The van der Waals surface area contributed by atoms with E-state index in [9.17, 15) is 0 Å². The SMILES string of the molecule is Clc1ccccc1Cn1ccc(Nc2nnc(Cn3nnc(-c4ccccc4)n3)s2)n1. The Bertz CT molecular complexity index is 1290. The van der Waals surface area contributed by atoms with Gasteiger partial charge < -0.3 is 5.32 Å². The minimum Gasteiger partial charge on any atom is -0.313 e. The number of rotatable bonds is 7. The second-order valence-corrected chi connectivity index (χ2v) is 8.09. The molecular formula is C20H16ClN9S. The Morgan fingerprint density at radius 3 is 2.58 bits per heavy atom. The van der Waals surface area contributed by atoms with Crippen LogP contribution in [0.25, 0.3) is 11.4 Å². The van der Waals surface area contributed by atoms with Crippen LogP contribution in [0.1, 0.15) is 10.6 Å². The van der Waals surface area contributed by atoms with Gasteiger partial charge in [0.25, 0.3) is 0 Å². The fourth-order valence-electron chi connectivity index (χ4n) is 2.93. The van der Waals surface area contributed by atoms with Crippen LogP contribution in [0.5, 0.6) is 0 Å². The summed E-state index contributed by atoms with van der Waals surface area (Å²) in [5.41, 5.74) is 1.92. The zero-order valence-corrected chi connectivity index (χ0v) is 17.7. The Morgan fingerprint density at radius 2 is 1.71 bits per heavy atom. The second-order valence-electron chi connectivity index (χ2n) is 6.63. The Kier molecular flexibility index (Phi) is 5.38. The van der Waals surface area contributed by atoms with E-state index >= 15 is 0 Å². The fourth-order valence-corrected chi connectivity index (χ4v) is 3.85. The molecule has 11 heteroatoms. The van der Waals surface area contributed by atoms with E-state index in [1.807, 2.05) is 71.5 Å². The minimum atomic E-state index is 0.389. The van der Waals surface area contributed by atoms with Crippen molar-refractivity contribution in [2.45, 2.75) is 13.1 Å². The van der Waals surface area contributed by atoms with Crippen LogP contribution < -0.4 is 5.32 Å². The molecule has 0 bridgehead atoms. The number of benzene rings is 2. The van der Waals surface area contributed by atoms with Crippen LogP contribution in [-0.2, 0) is 13.1 Å². The van der Waals surface area contributed by atoms with E-state index in [1.54, 1.807) is 0 Å². The van der Waals surface area contributed by atoms with E-state index in [0.717, 1.165) is 21.2 Å². The van der Waals surface area contributed by atoms with Crippen molar-refractivity contribution < 1.29 is 0 Å². The maximum atomic E-state index is 6.23. The van der Waals surface area contributed by atoms with Gasteiger partial charge in [0.2, 0.25) is 11.0 Å². The summed E-state index contributed by atoms with van der Waals surface area (Å²) < 4.78 is 1.82. The first-order chi connectivity index (χ1) is 15.2. The summed E-state index contributed by atoms with van der Waals surface area (Å²) in [6.07, 6.45) is 1.89. The highest BCUT2D eigenvalue weighted by Crippen LogP contribution is 2.21. The van der Waals surface area contributed by atoms with Crippen molar-refractivity contribution >= 4 is 33.9 Å². The van der Waals surface area contributed by atoms with Gasteiger partial charge in [-0.3, -0.25) is 4.68 Å². The summed E-state index contributed by atoms with van der Waals surface area (Å²) in [5.74, 6) is 1.26. The van der Waals surface area contributed by atoms with E-state index in [0.29, 0.717) is 29.9 Å². The molecule has 5 aromatic rings. The fraction of sp³-hybridized carbons (Fsp3) is 0.100. The largest absolute Gasteiger partial charge is 0.313 e. The van der Waals surface area contributed by atoms with Gasteiger partial charge in [0.05, 0.1) is 6.54 Å². The van der Waals surface area contributed by atoms with Gasteiger partial charge in [-0.2, -0.15) is 9.90 Å². The third kappa shape index (κ3) is 4.60. The molecule has 2 aromatic carbocycles. The number of hydrogen-bond donors (Lipinski definition) is 1. The summed E-state index contributed by atoms with van der Waals surface area (Å²) in [6.45, 7) is 0.977. The van der Waals surface area contributed by atoms with Gasteiger partial charge in [-0.05, 0) is 16.8 Å². The van der Waals surface area contributed by atoms with Gasteiger partial charge in [0, 0.05) is 22.8 Å². The second kappa shape index (κ2) is 8.62. The number of nitrogens with zero attached hydrogens (tertiary/aromatic N) is 8. The number of nitrogens with one attached hydrogen (secondary N) is 1. The first-order valence-electron chi connectivity index (χ1n) is 9.42. The molecule has 0 aliphatic carbocycles. The average molecular weight is 450 g/mol. The van der Waals surface area contributed by atoms with Crippen molar-refractivity contribution in [2.75, 3.05) is 5.32 Å². The summed E-state index contributed by atoms with van der Waals surface area (Å²) in [6, 6.07) is 19.3. The molecule has 0 aliphatic heterocycles. The molecule has 0 fully saturated rings. The predicted octanol–water partition coefficient (Wildman–Crippen LogP) is 3.88. The highest BCUT2D eigenvalue weighted by Gasteiger charge is 2.11. The zero-order valence-electron chi connectivity index (χ0n) is 16.1. The van der Waals surface area contributed by atoms with Crippen LogP contribution in [0, 0.1) is 0 Å². The van der Waals surface area contributed by atoms with Gasteiger partial charge in [0.1, 0.15) is 11.6 Å². The molecule has 3 aromatic heterocycles. The molecule has 31 heavy (non-hydrogen) atoms. The van der Waals surface area contributed by atoms with Crippen molar-refractivity contribution in [2.24, 2.45) is 0 Å². The average Bonchev–Trinajstić information content (AvgIpc) is 3.53. The van der Waals surface area contributed by atoms with Crippen molar-refractivity contribution in [3.05, 3.63) is 82.5 Å². The molecule has 0 atom stereocenters. The van der Waals surface area contributed by atoms with Gasteiger partial charge in [-0.1, -0.05) is 71.5 Å². The van der Waals surface area contributed by atoms with E-state index in [2.05, 4.69) is 36.0 Å². The number of aromatic nitrogens is 8. The van der Waals surface area contributed by atoms with Gasteiger partial charge in [-0.15, -0.1) is 20.4 Å². The molecule has 154 valence electrons. The number of anilines is 2. The first-order valence-corrected chi connectivity index (χ1v) is 10.6. The maximum Gasteiger partial charge on any atom is 0.211 e. The lowest BCUT2D eigenvalue weighted by atomic mass is 10.2. The monoisotopic (exact) mass is 449 g/mol. The highest BCUT2D eigenvalue weighted by molar-refractivity contribution is 7.15. The molecular weight excluding hydrogens is 434 g/mol. The van der Waals surface area contributed by atoms with E-state index in [1.165, 1.54) is 16.1 Å². The van der Waals surface area contributed by atoms with Gasteiger partial charge in [0.15, 0.2) is 5.82 Å². The predicted molar refractivity (Wildman–Crippen MR) is 118 cm³/mol. The van der Waals surface area contributed by atoms with Gasteiger partial charge in [-0.25, -0.2) is 0 Å². The summed E-state index contributed by atoms with van der Waals surface area (Å²) >= 11 is 7.64. The lowest BCUT2D eigenvalue weighted by Gasteiger charge is -2.04. The van der Waals surface area contributed by atoms with Crippen LogP contribution in [0.4, 0.5) is 10.9 Å². The smallest absolute Gasteiger partial charge is 0.211 e. The highest BCUT2D eigenvalue weighted by atomic mass is 35.5. The van der Waals surface area contributed by atoms with Crippen molar-refractivity contribution in [3.8, 4) is 11.4 Å². The third-order valence-corrected chi connectivity index (χ3v) is 5.59. The van der Waals surface area contributed by atoms with E-state index in [-0.39, 0.29) is 0 Å². The molecule has 0 unspecified atom stereocenters. The lowest BCUT2D eigenvalue weighted by Crippen LogP contribution is -2.03. The normalized spacial score (nSPS) is 11.0. The Balaban J connectivity index is 1.22. The van der Waals surface area contributed by atoms with Crippen molar-refractivity contribution in [1.29, 1.82) is 0 Å². The lowest BCUT2D eigenvalue weighted by molar-refractivity contribution is 0.568. The number of halogens is 1. The molecule has 1 N–H and O–H groups in total. The van der Waals surface area contributed by atoms with Crippen LogP contribution in [-0.4, -0.2) is 40.2 Å². The van der Waals surface area contributed by atoms with Gasteiger partial charge >= 0.3 is 0 Å². The topological polar surface area (TPSA) is 99.2 Å². The number of tetrazole rings is 1. The summed E-state index contributed by atoms with van der Waals surface area (Å²) in [5, 5.41) is 30.8. The Morgan fingerprint density at radius 1 is 0.871 bits per heavy atom. The quantitative estimate of drug-likeness (QED) is 0.402. The Labute approximate surface area is 186 Å². The molecule has 5 rings (SSSR count). The Hall–Kier alpha value is -3.63. The van der Waals surface area contributed by atoms with E-state index < -0.39 is 0 Å².